The number of benzene rings is 1. The number of ether oxygens (including phenoxy) is 1. The van der Waals surface area contributed by atoms with E-state index in [9.17, 15) is 4.79 Å². The van der Waals surface area contributed by atoms with Crippen LogP contribution < -0.4 is 0 Å². The summed E-state index contributed by atoms with van der Waals surface area (Å²) in [4.78, 5) is 14.4. The van der Waals surface area contributed by atoms with E-state index >= 15 is 0 Å². The standard InChI is InChI=1S/C9H7NO2S2/c1-12-8(11)5-3-2-4-6-7(5)14-9(13)10-6/h2-4H,1H3,(H,10,13). The molecule has 0 unspecified atom stereocenters. The molecule has 0 aliphatic heterocycles. The summed E-state index contributed by atoms with van der Waals surface area (Å²) in [5.74, 6) is -0.333. The molecule has 14 heavy (non-hydrogen) atoms. The predicted molar refractivity (Wildman–Crippen MR) is 58.3 cm³/mol. The van der Waals surface area contributed by atoms with Gasteiger partial charge in [-0.3, -0.25) is 0 Å². The van der Waals surface area contributed by atoms with Crippen molar-refractivity contribution in [3.63, 3.8) is 0 Å². The molecule has 1 N–H and O–H groups in total. The van der Waals surface area contributed by atoms with Crippen molar-refractivity contribution in [2.24, 2.45) is 0 Å². The summed E-state index contributed by atoms with van der Waals surface area (Å²) in [5, 5.41) is 0. The number of hydrogen-bond acceptors (Lipinski definition) is 4. The third kappa shape index (κ3) is 1.44. The average molecular weight is 225 g/mol. The van der Waals surface area contributed by atoms with Gasteiger partial charge >= 0.3 is 5.97 Å². The van der Waals surface area contributed by atoms with Crippen LogP contribution in [-0.2, 0) is 4.74 Å². The van der Waals surface area contributed by atoms with Crippen LogP contribution in [0.4, 0.5) is 0 Å². The lowest BCUT2D eigenvalue weighted by molar-refractivity contribution is 0.0603. The van der Waals surface area contributed by atoms with E-state index in [1.807, 2.05) is 6.07 Å². The van der Waals surface area contributed by atoms with Crippen LogP contribution in [0.25, 0.3) is 10.2 Å². The molecular formula is C9H7NO2S2. The molecule has 3 nitrogen and oxygen atoms in total. The molecule has 0 radical (unpaired) electrons. The Morgan fingerprint density at radius 1 is 1.57 bits per heavy atom. The first-order valence-electron chi connectivity index (χ1n) is 3.92. The molecule has 0 bridgehead atoms. The van der Waals surface area contributed by atoms with E-state index in [0.29, 0.717) is 9.52 Å². The molecule has 0 aliphatic rings. The Balaban J connectivity index is 2.76. The lowest BCUT2D eigenvalue weighted by Crippen LogP contribution is -2.00. The Kier molecular flexibility index (Phi) is 2.35. The van der Waals surface area contributed by atoms with Gasteiger partial charge < -0.3 is 9.72 Å². The SMILES string of the molecule is COC(=O)c1cccc2[nH]c(=S)sc12. The van der Waals surface area contributed by atoms with Crippen molar-refractivity contribution < 1.29 is 9.53 Å². The fourth-order valence-electron chi connectivity index (χ4n) is 1.24. The summed E-state index contributed by atoms with van der Waals surface area (Å²) in [6.07, 6.45) is 0. The van der Waals surface area contributed by atoms with E-state index in [1.165, 1.54) is 18.4 Å². The summed E-state index contributed by atoms with van der Waals surface area (Å²) in [5.41, 5.74) is 1.44. The third-order valence-corrected chi connectivity index (χ3v) is 3.14. The molecule has 72 valence electrons. The van der Waals surface area contributed by atoms with E-state index < -0.39 is 0 Å². The zero-order valence-electron chi connectivity index (χ0n) is 7.37. The van der Waals surface area contributed by atoms with Gasteiger partial charge in [0.1, 0.15) is 0 Å². The van der Waals surface area contributed by atoms with Crippen molar-refractivity contribution in [3.05, 3.63) is 27.7 Å². The fraction of sp³-hybridized carbons (Fsp3) is 0.111. The molecule has 0 spiro atoms. The number of esters is 1. The van der Waals surface area contributed by atoms with E-state index in [1.54, 1.807) is 12.1 Å². The molecule has 0 atom stereocenters. The van der Waals surface area contributed by atoms with Crippen molar-refractivity contribution in [2.45, 2.75) is 0 Å². The van der Waals surface area contributed by atoms with Crippen molar-refractivity contribution in [1.29, 1.82) is 0 Å². The molecule has 5 heteroatoms. The maximum Gasteiger partial charge on any atom is 0.339 e. The lowest BCUT2D eigenvalue weighted by atomic mass is 10.2. The van der Waals surface area contributed by atoms with Crippen molar-refractivity contribution in [1.82, 2.24) is 4.98 Å². The van der Waals surface area contributed by atoms with Gasteiger partial charge in [-0.05, 0) is 24.4 Å². The monoisotopic (exact) mass is 225 g/mol. The Hall–Kier alpha value is -1.20. The zero-order chi connectivity index (χ0) is 10.1. The summed E-state index contributed by atoms with van der Waals surface area (Å²) >= 11 is 6.39. The number of carbonyl (C=O) groups is 1. The molecule has 1 heterocycles. The maximum absolute atomic E-state index is 11.4. The van der Waals surface area contributed by atoms with Gasteiger partial charge in [0.2, 0.25) is 0 Å². The third-order valence-electron chi connectivity index (χ3n) is 1.85. The van der Waals surface area contributed by atoms with Gasteiger partial charge in [0.25, 0.3) is 0 Å². The van der Waals surface area contributed by atoms with Crippen LogP contribution in [-0.4, -0.2) is 18.1 Å². The number of fused-ring (bicyclic) bond motifs is 1. The smallest absolute Gasteiger partial charge is 0.339 e. The minimum absolute atomic E-state index is 0.333. The maximum atomic E-state index is 11.4. The number of aromatic amines is 1. The quantitative estimate of drug-likeness (QED) is 0.599. The van der Waals surface area contributed by atoms with Crippen LogP contribution in [0.15, 0.2) is 18.2 Å². The zero-order valence-corrected chi connectivity index (χ0v) is 9.00. The normalized spacial score (nSPS) is 10.4. The number of methoxy groups -OCH3 is 1. The molecular weight excluding hydrogens is 218 g/mol. The Morgan fingerprint density at radius 3 is 3.07 bits per heavy atom. The van der Waals surface area contributed by atoms with Crippen LogP contribution in [0.1, 0.15) is 10.4 Å². The minimum atomic E-state index is -0.333. The largest absolute Gasteiger partial charge is 0.465 e. The van der Waals surface area contributed by atoms with Crippen molar-refractivity contribution >= 4 is 39.7 Å². The van der Waals surface area contributed by atoms with Gasteiger partial charge in [0, 0.05) is 0 Å². The molecule has 1 aromatic heterocycles. The number of thiazole rings is 1. The number of aromatic nitrogens is 1. The molecule has 2 aromatic rings. The average Bonchev–Trinajstić information content (AvgIpc) is 2.56. The van der Waals surface area contributed by atoms with Gasteiger partial charge in [-0.15, -0.1) is 11.3 Å². The van der Waals surface area contributed by atoms with Crippen LogP contribution in [0.5, 0.6) is 0 Å². The van der Waals surface area contributed by atoms with Crippen molar-refractivity contribution in [2.75, 3.05) is 7.11 Å². The highest BCUT2D eigenvalue weighted by atomic mass is 32.1. The van der Waals surface area contributed by atoms with Crippen LogP contribution in [0, 0.1) is 3.95 Å². The van der Waals surface area contributed by atoms with Gasteiger partial charge in [-0.1, -0.05) is 6.07 Å². The summed E-state index contributed by atoms with van der Waals surface area (Å²) in [6, 6.07) is 5.41. The number of hydrogen-bond donors (Lipinski definition) is 1. The van der Waals surface area contributed by atoms with E-state index in [4.69, 9.17) is 12.2 Å². The van der Waals surface area contributed by atoms with Crippen LogP contribution in [0.3, 0.4) is 0 Å². The molecule has 2 rings (SSSR count). The Bertz CT molecular complexity index is 541. The summed E-state index contributed by atoms with van der Waals surface area (Å²) in [7, 11) is 1.37. The second-order valence-corrected chi connectivity index (χ2v) is 4.38. The van der Waals surface area contributed by atoms with Crippen LogP contribution in [0.2, 0.25) is 0 Å². The topological polar surface area (TPSA) is 42.1 Å². The first-order valence-corrected chi connectivity index (χ1v) is 5.15. The van der Waals surface area contributed by atoms with E-state index in [2.05, 4.69) is 9.72 Å². The van der Waals surface area contributed by atoms with Gasteiger partial charge in [-0.2, -0.15) is 0 Å². The number of rotatable bonds is 1. The highest BCUT2D eigenvalue weighted by Crippen LogP contribution is 2.23. The molecule has 0 saturated carbocycles. The minimum Gasteiger partial charge on any atom is -0.465 e. The van der Waals surface area contributed by atoms with Crippen molar-refractivity contribution in [3.8, 4) is 0 Å². The second kappa shape index (κ2) is 3.51. The molecule has 0 aliphatic carbocycles. The highest BCUT2D eigenvalue weighted by molar-refractivity contribution is 7.73. The Labute approximate surface area is 89.3 Å². The number of H-pyrrole nitrogens is 1. The number of carbonyl (C=O) groups excluding carboxylic acids is 1. The number of nitrogens with one attached hydrogen (secondary N) is 1. The van der Waals surface area contributed by atoms with Gasteiger partial charge in [0.15, 0.2) is 3.95 Å². The lowest BCUT2D eigenvalue weighted by Gasteiger charge is -1.98. The Morgan fingerprint density at radius 2 is 2.36 bits per heavy atom. The van der Waals surface area contributed by atoms with E-state index in [0.717, 1.165) is 10.2 Å². The molecule has 1 aromatic carbocycles. The molecule has 0 saturated heterocycles. The van der Waals surface area contributed by atoms with E-state index in [-0.39, 0.29) is 5.97 Å². The summed E-state index contributed by atoms with van der Waals surface area (Å²) < 4.78 is 6.19. The predicted octanol–water partition coefficient (Wildman–Crippen LogP) is 2.75. The first kappa shape index (κ1) is 9.36. The van der Waals surface area contributed by atoms with Crippen LogP contribution >= 0.6 is 23.6 Å². The first-order chi connectivity index (χ1) is 6.72. The highest BCUT2D eigenvalue weighted by Gasteiger charge is 2.11. The van der Waals surface area contributed by atoms with Gasteiger partial charge in [-0.25, -0.2) is 4.79 Å². The second-order valence-electron chi connectivity index (χ2n) is 2.69. The molecule has 0 amide bonds. The molecule has 0 fully saturated rings. The van der Waals surface area contributed by atoms with Gasteiger partial charge in [0.05, 0.1) is 22.9 Å². The fourth-order valence-corrected chi connectivity index (χ4v) is 2.44. The summed E-state index contributed by atoms with van der Waals surface area (Å²) in [6.45, 7) is 0.